The molecule has 0 aliphatic rings. The molecule has 4 rings (SSSR count). The number of carbonyl (C=O) groups excluding carboxylic acids is 2. The fraction of sp³-hybridized carbons (Fsp3) is 0.100. The number of carboxylic acids is 2. The zero-order valence-electron chi connectivity index (χ0n) is 16.3. The van der Waals surface area contributed by atoms with Gasteiger partial charge >= 0.3 is 59.1 Å². The molecule has 4 aromatic rings. The summed E-state index contributed by atoms with van der Waals surface area (Å²) in [5.41, 5.74) is 1.55. The van der Waals surface area contributed by atoms with Gasteiger partial charge in [-0.15, -0.1) is 45.3 Å². The standard InChI is InChI=1S/C20H14O4S4.2Na/c21-17(22)9-11-5-7-25-19(11)15-3-1-13(27-15)14-2-4-16(28-14)20-12(6-8-26-20)10-18(23)24;;/h1-8H,9-10H2,(H,21,22)(H,23,24);;/q;2*+1/p-2. The molecule has 0 aliphatic heterocycles. The van der Waals surface area contributed by atoms with E-state index in [2.05, 4.69) is 0 Å². The second-order valence-electron chi connectivity index (χ2n) is 5.98. The molecule has 0 aliphatic carbocycles. The van der Waals surface area contributed by atoms with Gasteiger partial charge in [-0.3, -0.25) is 0 Å². The summed E-state index contributed by atoms with van der Waals surface area (Å²) in [6.45, 7) is 0. The predicted molar refractivity (Wildman–Crippen MR) is 112 cm³/mol. The topological polar surface area (TPSA) is 80.3 Å². The molecule has 0 saturated heterocycles. The van der Waals surface area contributed by atoms with Gasteiger partial charge in [0.15, 0.2) is 0 Å². The molecular formula is C20H12Na2O4S4. The van der Waals surface area contributed by atoms with Crippen molar-refractivity contribution in [2.75, 3.05) is 0 Å². The molecule has 4 aromatic heterocycles. The van der Waals surface area contributed by atoms with E-state index < -0.39 is 11.9 Å². The molecule has 0 atom stereocenters. The Labute approximate surface area is 233 Å². The third-order valence-corrected chi connectivity index (χ3v) is 8.71. The van der Waals surface area contributed by atoms with Gasteiger partial charge in [0.1, 0.15) is 0 Å². The maximum Gasteiger partial charge on any atom is 1.00 e. The molecule has 0 unspecified atom stereocenters. The van der Waals surface area contributed by atoms with Crippen molar-refractivity contribution in [2.45, 2.75) is 12.8 Å². The predicted octanol–water partition coefficient (Wildman–Crippen LogP) is -2.47. The van der Waals surface area contributed by atoms with E-state index >= 15 is 0 Å². The van der Waals surface area contributed by atoms with Gasteiger partial charge in [-0.25, -0.2) is 0 Å². The fourth-order valence-electron chi connectivity index (χ4n) is 2.88. The van der Waals surface area contributed by atoms with Gasteiger partial charge in [0.2, 0.25) is 0 Å². The van der Waals surface area contributed by atoms with Crippen molar-refractivity contribution >= 4 is 57.3 Å². The van der Waals surface area contributed by atoms with Crippen LogP contribution in [0.3, 0.4) is 0 Å². The number of rotatable bonds is 7. The van der Waals surface area contributed by atoms with Crippen molar-refractivity contribution in [3.8, 4) is 29.3 Å². The van der Waals surface area contributed by atoms with E-state index in [1.807, 2.05) is 47.2 Å². The van der Waals surface area contributed by atoms with Crippen LogP contribution in [0.15, 0.2) is 47.2 Å². The third-order valence-electron chi connectivity index (χ3n) is 4.07. The monoisotopic (exact) mass is 490 g/mol. The Morgan fingerprint density at radius 2 is 1.00 bits per heavy atom. The Balaban J connectivity index is 0.00000160. The number of carboxylic acid groups (broad SMARTS) is 2. The van der Waals surface area contributed by atoms with Gasteiger partial charge in [-0.2, -0.15) is 0 Å². The summed E-state index contributed by atoms with van der Waals surface area (Å²) in [6.07, 6.45) is -0.177. The summed E-state index contributed by atoms with van der Waals surface area (Å²) < 4.78 is 0. The quantitative estimate of drug-likeness (QED) is 0.269. The van der Waals surface area contributed by atoms with Crippen LogP contribution in [0, 0.1) is 0 Å². The first-order valence-electron chi connectivity index (χ1n) is 8.24. The van der Waals surface area contributed by atoms with E-state index in [4.69, 9.17) is 0 Å². The van der Waals surface area contributed by atoms with Gasteiger partial charge in [-0.05, 0) is 58.3 Å². The van der Waals surface area contributed by atoms with Crippen molar-refractivity contribution in [3.63, 3.8) is 0 Å². The SMILES string of the molecule is O=C([O-])Cc1ccsc1-c1ccc(-c2ccc(-c3sccc3CC(=O)[O-])s2)s1.[Na+].[Na+]. The van der Waals surface area contributed by atoms with Crippen LogP contribution in [-0.4, -0.2) is 11.9 Å². The Morgan fingerprint density at radius 1 is 0.633 bits per heavy atom. The molecule has 0 bridgehead atoms. The summed E-state index contributed by atoms with van der Waals surface area (Å²) >= 11 is 6.29. The smallest absolute Gasteiger partial charge is 0.550 e. The summed E-state index contributed by atoms with van der Waals surface area (Å²) in [4.78, 5) is 28.1. The van der Waals surface area contributed by atoms with Crippen LogP contribution in [0.5, 0.6) is 0 Å². The van der Waals surface area contributed by atoms with Crippen LogP contribution >= 0.6 is 45.3 Å². The van der Waals surface area contributed by atoms with Crippen LogP contribution in [0.25, 0.3) is 29.3 Å². The number of hydrogen-bond acceptors (Lipinski definition) is 8. The third kappa shape index (κ3) is 5.95. The summed E-state index contributed by atoms with van der Waals surface area (Å²) in [7, 11) is 0. The van der Waals surface area contributed by atoms with Crippen LogP contribution in [-0.2, 0) is 22.4 Å². The molecule has 0 N–H and O–H groups in total. The molecule has 4 heterocycles. The summed E-state index contributed by atoms with van der Waals surface area (Å²) in [5.74, 6) is -2.16. The Kier molecular flexibility index (Phi) is 10.0. The summed E-state index contributed by atoms with van der Waals surface area (Å²) in [6, 6.07) is 11.7. The number of thiophene rings is 4. The van der Waals surface area contributed by atoms with Gasteiger partial charge < -0.3 is 19.8 Å². The second kappa shape index (κ2) is 11.6. The van der Waals surface area contributed by atoms with Crippen molar-refractivity contribution in [2.24, 2.45) is 0 Å². The van der Waals surface area contributed by atoms with Crippen LogP contribution in [0.4, 0.5) is 0 Å². The molecule has 0 radical (unpaired) electrons. The van der Waals surface area contributed by atoms with Gasteiger partial charge in [0, 0.05) is 54.0 Å². The zero-order valence-corrected chi connectivity index (χ0v) is 23.6. The minimum absolute atomic E-state index is 0. The van der Waals surface area contributed by atoms with E-state index in [1.54, 1.807) is 22.7 Å². The van der Waals surface area contributed by atoms with E-state index in [9.17, 15) is 19.8 Å². The largest absolute Gasteiger partial charge is 1.00 e. The Morgan fingerprint density at radius 3 is 1.37 bits per heavy atom. The second-order valence-corrected chi connectivity index (χ2v) is 9.98. The number of hydrogen-bond donors (Lipinski definition) is 0. The minimum Gasteiger partial charge on any atom is -0.550 e. The number of aliphatic carboxylic acids is 2. The first kappa shape index (κ1) is 26.0. The molecule has 0 spiro atoms. The van der Waals surface area contributed by atoms with E-state index in [0.717, 1.165) is 40.4 Å². The maximum atomic E-state index is 10.9. The van der Waals surface area contributed by atoms with Crippen molar-refractivity contribution in [3.05, 3.63) is 58.3 Å². The van der Waals surface area contributed by atoms with E-state index in [1.165, 1.54) is 22.7 Å². The number of carbonyl (C=O) groups is 2. The van der Waals surface area contributed by atoms with Crippen LogP contribution in [0.1, 0.15) is 11.1 Å². The first-order chi connectivity index (χ1) is 13.5. The molecule has 142 valence electrons. The maximum absolute atomic E-state index is 10.9. The van der Waals surface area contributed by atoms with Crippen LogP contribution in [0.2, 0.25) is 0 Å². The van der Waals surface area contributed by atoms with Crippen molar-refractivity contribution in [1.29, 1.82) is 0 Å². The van der Waals surface area contributed by atoms with Gasteiger partial charge in [-0.1, -0.05) is 0 Å². The Bertz CT molecular complexity index is 1060. The molecule has 0 saturated carbocycles. The zero-order chi connectivity index (χ0) is 19.7. The molecule has 0 aromatic carbocycles. The molecular weight excluding hydrogens is 478 g/mol. The fourth-order valence-corrected chi connectivity index (χ4v) is 7.16. The van der Waals surface area contributed by atoms with Crippen LogP contribution < -0.4 is 69.3 Å². The minimum atomic E-state index is -1.08. The summed E-state index contributed by atoms with van der Waals surface area (Å²) in [5, 5.41) is 25.7. The van der Waals surface area contributed by atoms with E-state index in [-0.39, 0.29) is 72.0 Å². The molecule has 30 heavy (non-hydrogen) atoms. The molecule has 4 nitrogen and oxygen atoms in total. The molecule has 0 amide bonds. The van der Waals surface area contributed by atoms with Crippen molar-refractivity contribution < 1.29 is 78.9 Å². The Hall–Kier alpha value is -0.260. The average molecular weight is 491 g/mol. The first-order valence-corrected chi connectivity index (χ1v) is 11.6. The van der Waals surface area contributed by atoms with Gasteiger partial charge in [0.25, 0.3) is 0 Å². The van der Waals surface area contributed by atoms with Gasteiger partial charge in [0.05, 0.1) is 0 Å². The van der Waals surface area contributed by atoms with Crippen molar-refractivity contribution in [1.82, 2.24) is 0 Å². The average Bonchev–Trinajstić information content (AvgIpc) is 3.40. The van der Waals surface area contributed by atoms with E-state index in [0.29, 0.717) is 0 Å². The molecule has 0 fully saturated rings. The molecule has 10 heteroatoms. The normalized spacial score (nSPS) is 10.3.